The van der Waals surface area contributed by atoms with Gasteiger partial charge in [0.15, 0.2) is 0 Å². The molecule has 7 heteroatoms. The predicted octanol–water partition coefficient (Wildman–Crippen LogP) is 5.93. The molecular formula is C28H34ClN3O3. The summed E-state index contributed by atoms with van der Waals surface area (Å²) in [5.41, 5.74) is 2.73. The summed E-state index contributed by atoms with van der Waals surface area (Å²) in [5.74, 6) is 1.20. The quantitative estimate of drug-likeness (QED) is 0.315. The lowest BCUT2D eigenvalue weighted by Crippen LogP contribution is -2.37. The summed E-state index contributed by atoms with van der Waals surface area (Å²) in [5, 5.41) is 16.1. The topological polar surface area (TPSA) is 59.8 Å². The van der Waals surface area contributed by atoms with Crippen LogP contribution in [0.3, 0.4) is 0 Å². The van der Waals surface area contributed by atoms with Gasteiger partial charge in [0, 0.05) is 26.2 Å². The van der Waals surface area contributed by atoms with Gasteiger partial charge in [-0.05, 0) is 56.9 Å². The van der Waals surface area contributed by atoms with Gasteiger partial charge in [0.2, 0.25) is 5.88 Å². The average molecular weight is 496 g/mol. The third kappa shape index (κ3) is 6.73. The number of aliphatic hydroxyl groups is 1. The van der Waals surface area contributed by atoms with Crippen molar-refractivity contribution in [3.05, 3.63) is 83.5 Å². The first kappa shape index (κ1) is 25.5. The molecule has 0 unspecified atom stereocenters. The highest BCUT2D eigenvalue weighted by Gasteiger charge is 2.26. The van der Waals surface area contributed by atoms with Crippen LogP contribution in [0, 0.1) is 6.92 Å². The van der Waals surface area contributed by atoms with Crippen LogP contribution in [0.1, 0.15) is 36.9 Å². The number of aryl methyl sites for hydroxylation is 1. The smallest absolute Gasteiger partial charge is 0.227 e. The number of hydrogen-bond donors (Lipinski definition) is 1. The molecule has 2 atom stereocenters. The lowest BCUT2D eigenvalue weighted by Gasteiger charge is -2.27. The van der Waals surface area contributed by atoms with E-state index < -0.39 is 6.10 Å². The van der Waals surface area contributed by atoms with Gasteiger partial charge >= 0.3 is 0 Å². The molecule has 0 radical (unpaired) electrons. The number of allylic oxidation sites excluding steroid dienone is 1. The van der Waals surface area contributed by atoms with Crippen LogP contribution < -0.4 is 4.74 Å². The maximum atomic E-state index is 10.7. The molecule has 0 spiro atoms. The molecule has 3 aromatic rings. The Morgan fingerprint density at radius 3 is 2.74 bits per heavy atom. The van der Waals surface area contributed by atoms with Crippen molar-refractivity contribution < 1.29 is 14.6 Å². The van der Waals surface area contributed by atoms with E-state index in [-0.39, 0.29) is 6.10 Å². The van der Waals surface area contributed by atoms with Crippen LogP contribution in [0.5, 0.6) is 11.6 Å². The second kappa shape index (κ2) is 12.4. The molecule has 0 saturated carbocycles. The summed E-state index contributed by atoms with van der Waals surface area (Å²) in [6.45, 7) is 8.42. The Kier molecular flexibility index (Phi) is 8.99. The molecule has 1 aromatic heterocycles. The number of benzene rings is 2. The summed E-state index contributed by atoms with van der Waals surface area (Å²) in [6, 6.07) is 17.4. The molecule has 2 aromatic carbocycles. The van der Waals surface area contributed by atoms with Gasteiger partial charge in [-0.25, -0.2) is 4.68 Å². The van der Waals surface area contributed by atoms with Gasteiger partial charge in [0.05, 0.1) is 34.2 Å². The molecule has 1 fully saturated rings. The highest BCUT2D eigenvalue weighted by atomic mass is 35.5. The number of rotatable bonds is 12. The fraction of sp³-hybridized carbons (Fsp3) is 0.393. The second-order valence-electron chi connectivity index (χ2n) is 9.00. The van der Waals surface area contributed by atoms with Crippen molar-refractivity contribution in [2.24, 2.45) is 0 Å². The molecule has 186 valence electrons. The fourth-order valence-electron chi connectivity index (χ4n) is 4.40. The van der Waals surface area contributed by atoms with Crippen LogP contribution in [0.15, 0.2) is 67.3 Å². The molecule has 0 bridgehead atoms. The number of para-hydroxylation sites is 2. The molecule has 0 aliphatic carbocycles. The SMILES string of the molecule is C=CCC[C@@H](O)CN(Cc1c(C)nn(-c2ccccc2)c1Oc1ccccc1Cl)C[C@H]1CCCO1. The molecule has 0 amide bonds. The molecule has 4 rings (SSSR count). The number of halogens is 1. The molecule has 1 saturated heterocycles. The molecule has 6 nitrogen and oxygen atoms in total. The predicted molar refractivity (Wildman–Crippen MR) is 140 cm³/mol. The Morgan fingerprint density at radius 2 is 2.03 bits per heavy atom. The second-order valence-corrected chi connectivity index (χ2v) is 9.41. The minimum Gasteiger partial charge on any atom is -0.437 e. The zero-order chi connectivity index (χ0) is 24.6. The van der Waals surface area contributed by atoms with Crippen molar-refractivity contribution in [1.29, 1.82) is 0 Å². The Balaban J connectivity index is 1.67. The van der Waals surface area contributed by atoms with E-state index in [1.807, 2.05) is 72.3 Å². The van der Waals surface area contributed by atoms with E-state index in [1.54, 1.807) is 0 Å². The third-order valence-corrected chi connectivity index (χ3v) is 6.53. The van der Waals surface area contributed by atoms with E-state index in [4.69, 9.17) is 26.2 Å². The zero-order valence-electron chi connectivity index (χ0n) is 20.3. The highest BCUT2D eigenvalue weighted by molar-refractivity contribution is 6.32. The minimum absolute atomic E-state index is 0.166. The normalized spacial score (nSPS) is 16.5. The molecule has 1 N–H and O–H groups in total. The monoisotopic (exact) mass is 495 g/mol. The van der Waals surface area contributed by atoms with Crippen molar-refractivity contribution in [2.75, 3.05) is 19.7 Å². The van der Waals surface area contributed by atoms with E-state index in [0.717, 1.165) is 49.4 Å². The number of hydrogen-bond acceptors (Lipinski definition) is 5. The summed E-state index contributed by atoms with van der Waals surface area (Å²) >= 11 is 6.45. The van der Waals surface area contributed by atoms with E-state index in [2.05, 4.69) is 11.5 Å². The maximum Gasteiger partial charge on any atom is 0.227 e. The Hall–Kier alpha value is -2.64. The van der Waals surface area contributed by atoms with Crippen LogP contribution >= 0.6 is 11.6 Å². The van der Waals surface area contributed by atoms with E-state index in [9.17, 15) is 5.11 Å². The van der Waals surface area contributed by atoms with Gasteiger partial charge in [0.1, 0.15) is 5.75 Å². The van der Waals surface area contributed by atoms with Crippen molar-refractivity contribution in [2.45, 2.75) is 51.4 Å². The highest BCUT2D eigenvalue weighted by Crippen LogP contribution is 2.35. The van der Waals surface area contributed by atoms with Crippen LogP contribution in [-0.4, -0.2) is 51.7 Å². The first-order chi connectivity index (χ1) is 17.0. The van der Waals surface area contributed by atoms with E-state index in [0.29, 0.717) is 36.2 Å². The molecule has 35 heavy (non-hydrogen) atoms. The lowest BCUT2D eigenvalue weighted by molar-refractivity contribution is 0.0442. The number of aliphatic hydroxyl groups excluding tert-OH is 1. The van der Waals surface area contributed by atoms with Gasteiger partial charge < -0.3 is 14.6 Å². The van der Waals surface area contributed by atoms with Crippen molar-refractivity contribution >= 4 is 11.6 Å². The largest absolute Gasteiger partial charge is 0.437 e. The fourth-order valence-corrected chi connectivity index (χ4v) is 4.58. The molecule has 1 aliphatic rings. The van der Waals surface area contributed by atoms with E-state index >= 15 is 0 Å². The van der Waals surface area contributed by atoms with Crippen LogP contribution in [0.2, 0.25) is 5.02 Å². The van der Waals surface area contributed by atoms with Crippen LogP contribution in [0.25, 0.3) is 5.69 Å². The van der Waals surface area contributed by atoms with Gasteiger partial charge in [-0.2, -0.15) is 5.10 Å². The molecule has 2 heterocycles. The lowest BCUT2D eigenvalue weighted by atomic mass is 10.1. The number of nitrogens with zero attached hydrogens (tertiary/aromatic N) is 3. The van der Waals surface area contributed by atoms with Crippen molar-refractivity contribution in [3.63, 3.8) is 0 Å². The summed E-state index contributed by atoms with van der Waals surface area (Å²) in [6.07, 6.45) is 5.12. The van der Waals surface area contributed by atoms with Crippen LogP contribution in [0.4, 0.5) is 0 Å². The Morgan fingerprint density at radius 1 is 1.26 bits per heavy atom. The van der Waals surface area contributed by atoms with Crippen LogP contribution in [-0.2, 0) is 11.3 Å². The van der Waals surface area contributed by atoms with Gasteiger partial charge in [0.25, 0.3) is 0 Å². The van der Waals surface area contributed by atoms with E-state index in [1.165, 1.54) is 0 Å². The van der Waals surface area contributed by atoms with Crippen molar-refractivity contribution in [1.82, 2.24) is 14.7 Å². The number of ether oxygens (including phenoxy) is 2. The summed E-state index contributed by atoms with van der Waals surface area (Å²) < 4.78 is 14.2. The standard InChI is InChI=1S/C28H34ClN3O3/c1-3-4-13-23(33)18-31(19-24-14-10-17-34-24)20-25-21(2)30-32(22-11-6-5-7-12-22)28(25)35-27-16-9-8-15-26(27)29/h3,5-9,11-12,15-16,23-24,33H,1,4,10,13-14,17-20H2,2H3/t23-,24-/m1/s1. The van der Waals surface area contributed by atoms with Gasteiger partial charge in [-0.3, -0.25) is 4.90 Å². The Labute approximate surface area is 212 Å². The first-order valence-electron chi connectivity index (χ1n) is 12.2. The zero-order valence-corrected chi connectivity index (χ0v) is 21.0. The Bertz CT molecular complexity index is 1100. The van der Waals surface area contributed by atoms with Gasteiger partial charge in [-0.15, -0.1) is 6.58 Å². The molecular weight excluding hydrogens is 462 g/mol. The average Bonchev–Trinajstić information content (AvgIpc) is 3.48. The summed E-state index contributed by atoms with van der Waals surface area (Å²) in [7, 11) is 0. The first-order valence-corrected chi connectivity index (χ1v) is 12.6. The minimum atomic E-state index is -0.452. The number of aromatic nitrogens is 2. The molecule has 1 aliphatic heterocycles. The third-order valence-electron chi connectivity index (χ3n) is 6.22. The van der Waals surface area contributed by atoms with Crippen molar-refractivity contribution in [3.8, 4) is 17.3 Å². The summed E-state index contributed by atoms with van der Waals surface area (Å²) in [4.78, 5) is 2.25. The van der Waals surface area contributed by atoms with Gasteiger partial charge in [-0.1, -0.05) is 48.0 Å². The maximum absolute atomic E-state index is 10.7.